The van der Waals surface area contributed by atoms with Crippen molar-refractivity contribution < 1.29 is 9.53 Å². The maximum atomic E-state index is 12.4. The lowest BCUT2D eigenvalue weighted by Gasteiger charge is -2.34. The van der Waals surface area contributed by atoms with Gasteiger partial charge < -0.3 is 15.4 Å². The predicted octanol–water partition coefficient (Wildman–Crippen LogP) is 0.560. The Morgan fingerprint density at radius 1 is 1.75 bits per heavy atom. The van der Waals surface area contributed by atoms with E-state index in [1.165, 1.54) is 0 Å². The first kappa shape index (κ1) is 13.8. The molecular weight excluding hydrogens is 224 g/mol. The van der Waals surface area contributed by atoms with Crippen molar-refractivity contribution in [3.8, 4) is 0 Å². The van der Waals surface area contributed by atoms with E-state index in [9.17, 15) is 4.79 Å². The molecule has 1 rings (SSSR count). The zero-order chi connectivity index (χ0) is 12.3. The van der Waals surface area contributed by atoms with Crippen LogP contribution in [0.4, 0.5) is 0 Å². The third-order valence-electron chi connectivity index (χ3n) is 3.40. The molecular formula is C11H22N2O2S. The van der Waals surface area contributed by atoms with E-state index in [4.69, 9.17) is 10.5 Å². The Labute approximate surface area is 102 Å². The molecule has 0 bridgehead atoms. The molecule has 4 nitrogen and oxygen atoms in total. The van der Waals surface area contributed by atoms with Crippen molar-refractivity contribution in [2.75, 3.05) is 32.3 Å². The van der Waals surface area contributed by atoms with Gasteiger partial charge in [0, 0.05) is 24.9 Å². The SMILES string of the molecule is CSCC(C)N(C)C(=O)C1(C)COCC1N. The van der Waals surface area contributed by atoms with Crippen molar-refractivity contribution in [2.45, 2.75) is 25.9 Å². The lowest BCUT2D eigenvalue weighted by atomic mass is 9.84. The van der Waals surface area contributed by atoms with Crippen molar-refractivity contribution in [1.82, 2.24) is 4.90 Å². The number of nitrogens with two attached hydrogens (primary N) is 1. The van der Waals surface area contributed by atoms with Gasteiger partial charge in [0.1, 0.15) is 0 Å². The summed E-state index contributed by atoms with van der Waals surface area (Å²) < 4.78 is 5.31. The van der Waals surface area contributed by atoms with Gasteiger partial charge >= 0.3 is 0 Å². The smallest absolute Gasteiger partial charge is 0.232 e. The molecule has 2 N–H and O–H groups in total. The average molecular weight is 246 g/mol. The van der Waals surface area contributed by atoms with Gasteiger partial charge in [0.15, 0.2) is 0 Å². The zero-order valence-electron chi connectivity index (χ0n) is 10.5. The zero-order valence-corrected chi connectivity index (χ0v) is 11.3. The first-order chi connectivity index (χ1) is 7.43. The molecule has 3 unspecified atom stereocenters. The Hall–Kier alpha value is -0.260. The van der Waals surface area contributed by atoms with Crippen LogP contribution in [0.15, 0.2) is 0 Å². The topological polar surface area (TPSA) is 55.6 Å². The second kappa shape index (κ2) is 5.38. The highest BCUT2D eigenvalue weighted by Gasteiger charge is 2.46. The summed E-state index contributed by atoms with van der Waals surface area (Å²) >= 11 is 1.74. The number of ether oxygens (including phenoxy) is 1. The van der Waals surface area contributed by atoms with Gasteiger partial charge in [-0.15, -0.1) is 0 Å². The minimum Gasteiger partial charge on any atom is -0.379 e. The highest BCUT2D eigenvalue weighted by atomic mass is 32.2. The molecule has 0 radical (unpaired) electrons. The van der Waals surface area contributed by atoms with E-state index in [-0.39, 0.29) is 18.0 Å². The van der Waals surface area contributed by atoms with Gasteiger partial charge in [0.05, 0.1) is 18.6 Å². The van der Waals surface area contributed by atoms with Crippen LogP contribution in [-0.4, -0.2) is 55.2 Å². The summed E-state index contributed by atoms with van der Waals surface area (Å²) in [6.45, 7) is 4.87. The van der Waals surface area contributed by atoms with E-state index in [1.807, 2.05) is 20.2 Å². The number of rotatable bonds is 4. The molecule has 0 aromatic rings. The molecule has 0 saturated carbocycles. The van der Waals surface area contributed by atoms with E-state index in [1.54, 1.807) is 16.7 Å². The Morgan fingerprint density at radius 2 is 2.38 bits per heavy atom. The van der Waals surface area contributed by atoms with Crippen molar-refractivity contribution in [3.63, 3.8) is 0 Å². The second-order valence-electron chi connectivity index (χ2n) is 4.76. The molecule has 1 fully saturated rings. The standard InChI is InChI=1S/C11H22N2O2S/c1-8(6-16-4)13(3)10(14)11(2)7-15-5-9(11)12/h8-9H,5-7,12H2,1-4H3. The maximum absolute atomic E-state index is 12.4. The van der Waals surface area contributed by atoms with Crippen LogP contribution < -0.4 is 5.73 Å². The number of hydrogen-bond donors (Lipinski definition) is 1. The molecule has 0 aromatic heterocycles. The van der Waals surface area contributed by atoms with E-state index in [0.29, 0.717) is 13.2 Å². The van der Waals surface area contributed by atoms with Crippen molar-refractivity contribution in [1.29, 1.82) is 0 Å². The monoisotopic (exact) mass is 246 g/mol. The molecule has 94 valence electrons. The van der Waals surface area contributed by atoms with Crippen molar-refractivity contribution in [3.05, 3.63) is 0 Å². The number of carbonyl (C=O) groups is 1. The van der Waals surface area contributed by atoms with Gasteiger partial charge in [-0.1, -0.05) is 0 Å². The molecule has 1 amide bonds. The largest absolute Gasteiger partial charge is 0.379 e. The number of thioether (sulfide) groups is 1. The predicted molar refractivity (Wildman–Crippen MR) is 67.5 cm³/mol. The summed E-state index contributed by atoms with van der Waals surface area (Å²) in [5, 5.41) is 0. The molecule has 16 heavy (non-hydrogen) atoms. The van der Waals surface area contributed by atoms with E-state index in [2.05, 4.69) is 6.92 Å². The van der Waals surface area contributed by atoms with Crippen LogP contribution in [0.3, 0.4) is 0 Å². The molecule has 0 spiro atoms. The van der Waals surface area contributed by atoms with Gasteiger partial charge in [-0.25, -0.2) is 0 Å². The highest BCUT2D eigenvalue weighted by Crippen LogP contribution is 2.29. The fourth-order valence-corrected chi connectivity index (χ4v) is 2.57. The lowest BCUT2D eigenvalue weighted by Crippen LogP contribution is -2.52. The first-order valence-electron chi connectivity index (χ1n) is 5.53. The molecule has 5 heteroatoms. The third kappa shape index (κ3) is 2.52. The Bertz CT molecular complexity index is 262. The second-order valence-corrected chi connectivity index (χ2v) is 5.67. The van der Waals surface area contributed by atoms with Gasteiger partial charge in [-0.2, -0.15) is 11.8 Å². The minimum atomic E-state index is -0.554. The molecule has 3 atom stereocenters. The number of nitrogens with zero attached hydrogens (tertiary/aromatic N) is 1. The van der Waals surface area contributed by atoms with E-state index in [0.717, 1.165) is 5.75 Å². The minimum absolute atomic E-state index is 0.0963. The van der Waals surface area contributed by atoms with Gasteiger partial charge in [0.25, 0.3) is 0 Å². The van der Waals surface area contributed by atoms with Crippen LogP contribution in [-0.2, 0) is 9.53 Å². The fourth-order valence-electron chi connectivity index (χ4n) is 1.87. The molecule has 0 aromatic carbocycles. The lowest BCUT2D eigenvalue weighted by molar-refractivity contribution is -0.141. The van der Waals surface area contributed by atoms with Crippen LogP contribution in [0.25, 0.3) is 0 Å². The summed E-state index contributed by atoms with van der Waals surface area (Å²) in [5.41, 5.74) is 5.39. The quantitative estimate of drug-likeness (QED) is 0.787. The van der Waals surface area contributed by atoms with Crippen LogP contribution in [0.5, 0.6) is 0 Å². The molecule has 1 saturated heterocycles. The summed E-state index contributed by atoms with van der Waals surface area (Å²) in [7, 11) is 1.85. The molecule has 1 heterocycles. The Morgan fingerprint density at radius 3 is 2.81 bits per heavy atom. The van der Waals surface area contributed by atoms with Gasteiger partial charge in [-0.3, -0.25) is 4.79 Å². The van der Waals surface area contributed by atoms with E-state index < -0.39 is 5.41 Å². The number of amides is 1. The number of hydrogen-bond acceptors (Lipinski definition) is 4. The summed E-state index contributed by atoms with van der Waals surface area (Å²) in [5.74, 6) is 1.04. The highest BCUT2D eigenvalue weighted by molar-refractivity contribution is 7.98. The summed E-state index contributed by atoms with van der Waals surface area (Å²) in [6.07, 6.45) is 2.04. The Balaban J connectivity index is 2.69. The fraction of sp³-hybridized carbons (Fsp3) is 0.909. The third-order valence-corrected chi connectivity index (χ3v) is 4.21. The van der Waals surface area contributed by atoms with Crippen molar-refractivity contribution in [2.24, 2.45) is 11.1 Å². The normalized spacial score (nSPS) is 31.4. The maximum Gasteiger partial charge on any atom is 0.232 e. The molecule has 1 aliphatic heterocycles. The first-order valence-corrected chi connectivity index (χ1v) is 6.92. The van der Waals surface area contributed by atoms with Gasteiger partial charge in [0.2, 0.25) is 5.91 Å². The Kier molecular flexibility index (Phi) is 4.64. The summed E-state index contributed by atoms with van der Waals surface area (Å²) in [4.78, 5) is 14.1. The van der Waals surface area contributed by atoms with Crippen LogP contribution >= 0.6 is 11.8 Å². The van der Waals surface area contributed by atoms with Gasteiger partial charge in [-0.05, 0) is 20.1 Å². The van der Waals surface area contributed by atoms with Crippen molar-refractivity contribution >= 4 is 17.7 Å². The van der Waals surface area contributed by atoms with E-state index >= 15 is 0 Å². The number of carbonyl (C=O) groups excluding carboxylic acids is 1. The summed E-state index contributed by atoms with van der Waals surface area (Å²) in [6, 6.07) is 0.0380. The van der Waals surface area contributed by atoms with Crippen LogP contribution in [0.2, 0.25) is 0 Å². The van der Waals surface area contributed by atoms with Crippen LogP contribution in [0.1, 0.15) is 13.8 Å². The van der Waals surface area contributed by atoms with Crippen LogP contribution in [0, 0.1) is 5.41 Å². The average Bonchev–Trinajstić information content (AvgIpc) is 2.59. The molecule has 0 aliphatic carbocycles. The molecule has 1 aliphatic rings.